The smallest absolute Gasteiger partial charge is 0.245 e. The van der Waals surface area contributed by atoms with Gasteiger partial charge in [0.25, 0.3) is 0 Å². The van der Waals surface area contributed by atoms with Crippen LogP contribution in [0.25, 0.3) is 0 Å². The van der Waals surface area contributed by atoms with E-state index >= 15 is 0 Å². The van der Waals surface area contributed by atoms with Crippen LogP contribution in [0.4, 0.5) is 11.4 Å². The third kappa shape index (κ3) is 4.66. The van der Waals surface area contributed by atoms with Gasteiger partial charge in [0.2, 0.25) is 15.9 Å². The molecule has 5 nitrogen and oxygen atoms in total. The Morgan fingerprint density at radius 3 is 2.00 bits per heavy atom. The summed E-state index contributed by atoms with van der Waals surface area (Å²) in [5.74, 6) is -0.539. The number of rotatable bonds is 5. The topological polar surface area (TPSA) is 66.5 Å². The molecule has 0 aliphatic heterocycles. The number of nitrogens with one attached hydrogen (secondary N) is 1. The Balaban J connectivity index is 2.34. The molecule has 0 unspecified atom stereocenters. The van der Waals surface area contributed by atoms with E-state index in [2.05, 4.69) is 5.32 Å². The van der Waals surface area contributed by atoms with Gasteiger partial charge >= 0.3 is 0 Å². The Morgan fingerprint density at radius 1 is 1.04 bits per heavy atom. The van der Waals surface area contributed by atoms with E-state index in [9.17, 15) is 13.2 Å². The molecule has 0 spiro atoms. The molecule has 0 saturated carbocycles. The first-order chi connectivity index (χ1) is 11.6. The molecule has 2 aromatic rings. The molecule has 0 atom stereocenters. The Bertz CT molecular complexity index is 874. The van der Waals surface area contributed by atoms with E-state index in [0.717, 1.165) is 21.7 Å². The van der Waals surface area contributed by atoms with E-state index < -0.39 is 15.9 Å². The number of aryl methyl sites for hydroxylation is 2. The lowest BCUT2D eigenvalue weighted by Gasteiger charge is -2.25. The summed E-state index contributed by atoms with van der Waals surface area (Å²) in [6.45, 7) is 3.21. The summed E-state index contributed by atoms with van der Waals surface area (Å²) in [5.41, 5.74) is 2.26. The number of hydrogen-bond donors (Lipinski definition) is 1. The van der Waals surface area contributed by atoms with E-state index in [4.69, 9.17) is 23.2 Å². The highest BCUT2D eigenvalue weighted by molar-refractivity contribution is 7.92. The van der Waals surface area contributed by atoms with Gasteiger partial charge in [0, 0.05) is 0 Å². The third-order valence-electron chi connectivity index (χ3n) is 3.60. The van der Waals surface area contributed by atoms with Crippen molar-refractivity contribution in [2.24, 2.45) is 0 Å². The summed E-state index contributed by atoms with van der Waals surface area (Å²) < 4.78 is 25.6. The molecule has 0 fully saturated rings. The van der Waals surface area contributed by atoms with E-state index in [-0.39, 0.29) is 22.3 Å². The Morgan fingerprint density at radius 2 is 1.52 bits per heavy atom. The second kappa shape index (κ2) is 7.64. The van der Waals surface area contributed by atoms with Gasteiger partial charge in [-0.2, -0.15) is 0 Å². The van der Waals surface area contributed by atoms with Gasteiger partial charge in [0.15, 0.2) is 0 Å². The molecule has 1 amide bonds. The van der Waals surface area contributed by atoms with Crippen LogP contribution >= 0.6 is 23.2 Å². The zero-order chi connectivity index (χ0) is 18.8. The van der Waals surface area contributed by atoms with E-state index in [1.165, 1.54) is 0 Å². The molecule has 0 saturated heterocycles. The van der Waals surface area contributed by atoms with Crippen LogP contribution in [-0.4, -0.2) is 27.1 Å². The first-order valence-electron chi connectivity index (χ1n) is 7.39. The predicted octanol–water partition coefficient (Wildman–Crippen LogP) is 4.01. The first kappa shape index (κ1) is 19.6. The fourth-order valence-electron chi connectivity index (χ4n) is 2.49. The average molecular weight is 401 g/mol. The zero-order valence-electron chi connectivity index (χ0n) is 14.0. The molecule has 0 aromatic heterocycles. The standard InChI is InChI=1S/C17H18Cl2N2O3S/c1-11-6-4-7-12(2)17(11)21(25(3,23)24)10-15(22)20-16-13(18)8-5-9-14(16)19/h4-9H,10H2,1-3H3,(H,20,22). The number of carbonyl (C=O) groups is 1. The number of para-hydroxylation sites is 2. The molecule has 134 valence electrons. The lowest BCUT2D eigenvalue weighted by atomic mass is 10.1. The van der Waals surface area contributed by atoms with Gasteiger partial charge in [-0.1, -0.05) is 47.5 Å². The van der Waals surface area contributed by atoms with Gasteiger partial charge in [-0.25, -0.2) is 8.42 Å². The Labute approximate surface area is 157 Å². The van der Waals surface area contributed by atoms with Gasteiger partial charge < -0.3 is 5.32 Å². The molecule has 0 bridgehead atoms. The molecule has 0 heterocycles. The van der Waals surface area contributed by atoms with Crippen molar-refractivity contribution in [2.45, 2.75) is 13.8 Å². The maximum atomic E-state index is 12.4. The second-order valence-corrected chi connectivity index (χ2v) is 8.38. The molecule has 25 heavy (non-hydrogen) atoms. The molecule has 2 rings (SSSR count). The highest BCUT2D eigenvalue weighted by atomic mass is 35.5. The number of amides is 1. The van der Waals surface area contributed by atoms with Crippen molar-refractivity contribution in [2.75, 3.05) is 22.4 Å². The van der Waals surface area contributed by atoms with Gasteiger partial charge in [0.05, 0.1) is 27.7 Å². The van der Waals surface area contributed by atoms with Crippen molar-refractivity contribution in [1.29, 1.82) is 0 Å². The van der Waals surface area contributed by atoms with E-state index in [1.54, 1.807) is 44.2 Å². The van der Waals surface area contributed by atoms with Crippen molar-refractivity contribution < 1.29 is 13.2 Å². The normalized spacial score (nSPS) is 11.2. The zero-order valence-corrected chi connectivity index (χ0v) is 16.3. The number of anilines is 2. The predicted molar refractivity (Wildman–Crippen MR) is 103 cm³/mol. The maximum Gasteiger partial charge on any atom is 0.245 e. The molecule has 0 radical (unpaired) electrons. The van der Waals surface area contributed by atoms with Crippen LogP contribution in [0, 0.1) is 13.8 Å². The fraction of sp³-hybridized carbons (Fsp3) is 0.235. The minimum absolute atomic E-state index is 0.255. The minimum atomic E-state index is -3.66. The van der Waals surface area contributed by atoms with Gasteiger partial charge in [-0.05, 0) is 37.1 Å². The summed E-state index contributed by atoms with van der Waals surface area (Å²) in [6.07, 6.45) is 1.06. The molecule has 0 aliphatic carbocycles. The minimum Gasteiger partial charge on any atom is -0.322 e. The van der Waals surface area contributed by atoms with Crippen LogP contribution < -0.4 is 9.62 Å². The van der Waals surface area contributed by atoms with Crippen molar-refractivity contribution >= 4 is 50.5 Å². The molecule has 1 N–H and O–H groups in total. The van der Waals surface area contributed by atoms with Crippen molar-refractivity contribution in [3.8, 4) is 0 Å². The highest BCUT2D eigenvalue weighted by Crippen LogP contribution is 2.30. The number of nitrogens with zero attached hydrogens (tertiary/aromatic N) is 1. The van der Waals surface area contributed by atoms with E-state index in [1.807, 2.05) is 6.07 Å². The summed E-state index contributed by atoms with van der Waals surface area (Å²) in [7, 11) is -3.66. The number of carbonyl (C=O) groups excluding carboxylic acids is 1. The number of hydrogen-bond acceptors (Lipinski definition) is 3. The van der Waals surface area contributed by atoms with Crippen LogP contribution in [-0.2, 0) is 14.8 Å². The summed E-state index contributed by atoms with van der Waals surface area (Å²) in [4.78, 5) is 12.4. The molecular formula is C17H18Cl2N2O3S. The molecule has 0 aliphatic rings. The fourth-order valence-corrected chi connectivity index (χ4v) is 3.95. The van der Waals surface area contributed by atoms with Crippen LogP contribution in [0.1, 0.15) is 11.1 Å². The molecule has 8 heteroatoms. The van der Waals surface area contributed by atoms with Crippen LogP contribution in [0.5, 0.6) is 0 Å². The number of benzene rings is 2. The maximum absolute atomic E-state index is 12.4. The highest BCUT2D eigenvalue weighted by Gasteiger charge is 2.24. The second-order valence-electron chi connectivity index (χ2n) is 5.65. The Kier molecular flexibility index (Phi) is 5.98. The van der Waals surface area contributed by atoms with Crippen LogP contribution in [0.2, 0.25) is 10.0 Å². The lowest BCUT2D eigenvalue weighted by molar-refractivity contribution is -0.114. The van der Waals surface area contributed by atoms with Crippen LogP contribution in [0.15, 0.2) is 36.4 Å². The van der Waals surface area contributed by atoms with E-state index in [0.29, 0.717) is 5.69 Å². The SMILES string of the molecule is Cc1cccc(C)c1N(CC(=O)Nc1c(Cl)cccc1Cl)S(C)(=O)=O. The van der Waals surface area contributed by atoms with Crippen molar-refractivity contribution in [3.63, 3.8) is 0 Å². The largest absolute Gasteiger partial charge is 0.322 e. The Hall–Kier alpha value is -1.76. The lowest BCUT2D eigenvalue weighted by Crippen LogP contribution is -2.38. The van der Waals surface area contributed by atoms with Gasteiger partial charge in [0.1, 0.15) is 6.54 Å². The van der Waals surface area contributed by atoms with Gasteiger partial charge in [-0.15, -0.1) is 0 Å². The summed E-state index contributed by atoms with van der Waals surface area (Å²) >= 11 is 12.1. The first-order valence-corrected chi connectivity index (χ1v) is 9.99. The monoisotopic (exact) mass is 400 g/mol. The van der Waals surface area contributed by atoms with Crippen molar-refractivity contribution in [3.05, 3.63) is 57.6 Å². The summed E-state index contributed by atoms with van der Waals surface area (Å²) in [6, 6.07) is 10.2. The number of halogens is 2. The van der Waals surface area contributed by atoms with Gasteiger partial charge in [-0.3, -0.25) is 9.10 Å². The third-order valence-corrected chi connectivity index (χ3v) is 5.35. The number of sulfonamides is 1. The molecule has 2 aromatic carbocycles. The quantitative estimate of drug-likeness (QED) is 0.823. The van der Waals surface area contributed by atoms with Crippen molar-refractivity contribution in [1.82, 2.24) is 0 Å². The summed E-state index contributed by atoms with van der Waals surface area (Å²) in [5, 5.41) is 3.13. The molecular weight excluding hydrogens is 383 g/mol. The average Bonchev–Trinajstić information content (AvgIpc) is 2.49. The van der Waals surface area contributed by atoms with Crippen LogP contribution in [0.3, 0.4) is 0 Å².